The molecule has 1 N–H and O–H groups in total. The highest BCUT2D eigenvalue weighted by Crippen LogP contribution is 2.42. The van der Waals surface area contributed by atoms with E-state index in [0.29, 0.717) is 17.9 Å². The van der Waals surface area contributed by atoms with Crippen molar-refractivity contribution >= 4 is 17.4 Å². The first kappa shape index (κ1) is 24.8. The maximum atomic E-state index is 13.1. The van der Waals surface area contributed by atoms with Crippen LogP contribution in [0.5, 0.6) is 11.5 Å². The summed E-state index contributed by atoms with van der Waals surface area (Å²) in [6, 6.07) is 10.3. The summed E-state index contributed by atoms with van der Waals surface area (Å²) in [4.78, 5) is 38.6. The van der Waals surface area contributed by atoms with E-state index in [0.717, 1.165) is 5.56 Å². The average molecular weight is 469 g/mol. The largest absolute Gasteiger partial charge is 0.503 e. The lowest BCUT2D eigenvalue weighted by molar-refractivity contribution is -0.385. The summed E-state index contributed by atoms with van der Waals surface area (Å²) >= 11 is 0. The molecule has 1 amide bonds. The van der Waals surface area contributed by atoms with Crippen molar-refractivity contribution < 1.29 is 29.1 Å². The number of nitrogens with zero attached hydrogens (tertiary/aromatic N) is 2. The monoisotopic (exact) mass is 468 g/mol. The van der Waals surface area contributed by atoms with Crippen LogP contribution in [0.2, 0.25) is 0 Å². The number of ether oxygens (including phenoxy) is 2. The van der Waals surface area contributed by atoms with Gasteiger partial charge in [-0.2, -0.15) is 0 Å². The molecule has 3 rings (SSSR count). The Labute approximate surface area is 197 Å². The number of amides is 1. The maximum absolute atomic E-state index is 13.1. The molecule has 2 aromatic carbocycles. The Bertz CT molecular complexity index is 1140. The van der Waals surface area contributed by atoms with Gasteiger partial charge in [-0.1, -0.05) is 32.0 Å². The highest BCUT2D eigenvalue weighted by molar-refractivity contribution is 6.09. The Morgan fingerprint density at radius 2 is 1.82 bits per heavy atom. The van der Waals surface area contributed by atoms with Crippen LogP contribution in [-0.2, 0) is 16.0 Å². The zero-order chi connectivity index (χ0) is 25.0. The van der Waals surface area contributed by atoms with Gasteiger partial charge in [-0.3, -0.25) is 19.7 Å². The van der Waals surface area contributed by atoms with Crippen molar-refractivity contribution in [3.63, 3.8) is 0 Å². The van der Waals surface area contributed by atoms with Crippen LogP contribution >= 0.6 is 0 Å². The van der Waals surface area contributed by atoms with E-state index in [1.54, 1.807) is 18.2 Å². The molecule has 0 saturated heterocycles. The third-order valence-electron chi connectivity index (χ3n) is 5.72. The van der Waals surface area contributed by atoms with E-state index in [-0.39, 0.29) is 35.7 Å². The Balaban J connectivity index is 2.01. The van der Waals surface area contributed by atoms with E-state index in [1.807, 2.05) is 19.9 Å². The highest BCUT2D eigenvalue weighted by Gasteiger charge is 2.45. The van der Waals surface area contributed by atoms with Gasteiger partial charge in [-0.15, -0.1) is 0 Å². The topological polar surface area (TPSA) is 119 Å². The van der Waals surface area contributed by atoms with Crippen molar-refractivity contribution in [2.75, 3.05) is 20.8 Å². The minimum Gasteiger partial charge on any atom is -0.503 e. The first-order valence-electron chi connectivity index (χ1n) is 10.9. The van der Waals surface area contributed by atoms with Crippen molar-refractivity contribution in [1.82, 2.24) is 4.90 Å². The predicted molar refractivity (Wildman–Crippen MR) is 125 cm³/mol. The van der Waals surface area contributed by atoms with Crippen molar-refractivity contribution in [2.45, 2.75) is 32.7 Å². The summed E-state index contributed by atoms with van der Waals surface area (Å²) in [6.07, 6.45) is 0.468. The molecule has 2 aromatic rings. The molecule has 1 unspecified atom stereocenters. The van der Waals surface area contributed by atoms with Crippen LogP contribution in [0.25, 0.3) is 0 Å². The average Bonchev–Trinajstić information content (AvgIpc) is 3.06. The molecule has 9 nitrogen and oxygen atoms in total. The lowest BCUT2D eigenvalue weighted by Gasteiger charge is -2.27. The van der Waals surface area contributed by atoms with Crippen LogP contribution in [0.15, 0.2) is 53.8 Å². The number of Topliss-reactive ketones (excluding diaryl/α,β-unsaturated/α-hetero) is 1. The smallest absolute Gasteiger partial charge is 0.290 e. The summed E-state index contributed by atoms with van der Waals surface area (Å²) in [7, 11) is 3.05. The van der Waals surface area contributed by atoms with Gasteiger partial charge in [0.05, 0.1) is 36.3 Å². The zero-order valence-corrected chi connectivity index (χ0v) is 19.6. The molecule has 1 aliphatic rings. The summed E-state index contributed by atoms with van der Waals surface area (Å²) in [5, 5.41) is 22.4. The number of carbonyl (C=O) groups excluding carboxylic acids is 2. The number of hydrogen-bond acceptors (Lipinski definition) is 7. The minimum atomic E-state index is -1.06. The molecule has 0 bridgehead atoms. The SMILES string of the molecule is COc1ccc(CCN2C(=O)C(O)=C(C(=O)CC(C)C)C2c2ccccc2[N+](=O)[O-])cc1OC. The molecule has 34 heavy (non-hydrogen) atoms. The van der Waals surface area contributed by atoms with E-state index in [2.05, 4.69) is 0 Å². The van der Waals surface area contributed by atoms with E-state index >= 15 is 0 Å². The number of methoxy groups -OCH3 is 2. The van der Waals surface area contributed by atoms with Gasteiger partial charge in [0.1, 0.15) is 0 Å². The van der Waals surface area contributed by atoms with Crippen LogP contribution in [0.3, 0.4) is 0 Å². The number of nitro benzene ring substituents is 1. The third kappa shape index (κ3) is 4.88. The van der Waals surface area contributed by atoms with Crippen molar-refractivity contribution in [3.8, 4) is 11.5 Å². The number of ketones is 1. The fraction of sp³-hybridized carbons (Fsp3) is 0.360. The van der Waals surface area contributed by atoms with Crippen molar-refractivity contribution in [1.29, 1.82) is 0 Å². The number of rotatable bonds is 10. The first-order valence-corrected chi connectivity index (χ1v) is 10.9. The minimum absolute atomic E-state index is 0.0184. The van der Waals surface area contributed by atoms with Crippen LogP contribution < -0.4 is 9.47 Å². The van der Waals surface area contributed by atoms with Gasteiger partial charge in [0.25, 0.3) is 11.6 Å². The standard InChI is InChI=1S/C25H28N2O7/c1-15(2)13-19(28)22-23(17-7-5-6-8-18(17)27(31)32)26(25(30)24(22)29)12-11-16-9-10-20(33-3)21(14-16)34-4/h5-10,14-15,23,29H,11-13H2,1-4H3. The van der Waals surface area contributed by atoms with Crippen LogP contribution in [0.4, 0.5) is 5.69 Å². The van der Waals surface area contributed by atoms with Gasteiger partial charge in [-0.25, -0.2) is 0 Å². The number of aliphatic hydroxyl groups excluding tert-OH is 1. The number of benzene rings is 2. The number of hydrogen-bond donors (Lipinski definition) is 1. The second kappa shape index (κ2) is 10.4. The molecule has 9 heteroatoms. The quantitative estimate of drug-likeness (QED) is 0.411. The summed E-state index contributed by atoms with van der Waals surface area (Å²) in [6.45, 7) is 3.82. The molecule has 0 aliphatic carbocycles. The maximum Gasteiger partial charge on any atom is 0.290 e. The number of para-hydroxylation sites is 1. The Kier molecular flexibility index (Phi) is 7.55. The van der Waals surface area contributed by atoms with Crippen LogP contribution in [-0.4, -0.2) is 47.4 Å². The number of carbonyl (C=O) groups is 2. The predicted octanol–water partition coefficient (Wildman–Crippen LogP) is 4.17. The molecule has 0 aromatic heterocycles. The van der Waals surface area contributed by atoms with Crippen molar-refractivity contribution in [2.24, 2.45) is 5.92 Å². The molecule has 0 spiro atoms. The molecular formula is C25H28N2O7. The van der Waals surface area contributed by atoms with Gasteiger partial charge in [-0.05, 0) is 36.1 Å². The fourth-order valence-corrected chi connectivity index (χ4v) is 4.14. The van der Waals surface area contributed by atoms with Crippen LogP contribution in [0, 0.1) is 16.0 Å². The second-order valence-electron chi connectivity index (χ2n) is 8.44. The zero-order valence-electron chi connectivity index (χ0n) is 19.6. The molecule has 1 aliphatic heterocycles. The second-order valence-corrected chi connectivity index (χ2v) is 8.44. The molecule has 0 fully saturated rings. The molecule has 1 atom stereocenters. The summed E-state index contributed by atoms with van der Waals surface area (Å²) in [5.74, 6) is -0.719. The molecular weight excluding hydrogens is 440 g/mol. The fourth-order valence-electron chi connectivity index (χ4n) is 4.14. The van der Waals surface area contributed by atoms with E-state index in [9.17, 15) is 24.8 Å². The number of aliphatic hydroxyl groups is 1. The molecule has 0 radical (unpaired) electrons. The number of nitro groups is 1. The van der Waals surface area contributed by atoms with Crippen molar-refractivity contribution in [3.05, 3.63) is 75.0 Å². The normalized spacial score (nSPS) is 15.7. The Morgan fingerprint density at radius 1 is 1.15 bits per heavy atom. The highest BCUT2D eigenvalue weighted by atomic mass is 16.6. The van der Waals surface area contributed by atoms with E-state index in [4.69, 9.17) is 9.47 Å². The Hall–Kier alpha value is -3.88. The third-order valence-corrected chi connectivity index (χ3v) is 5.72. The summed E-state index contributed by atoms with van der Waals surface area (Å²) < 4.78 is 10.6. The molecule has 180 valence electrons. The first-order chi connectivity index (χ1) is 16.2. The lowest BCUT2D eigenvalue weighted by Crippen LogP contribution is -2.33. The van der Waals surface area contributed by atoms with Gasteiger partial charge >= 0.3 is 0 Å². The lowest BCUT2D eigenvalue weighted by atomic mass is 9.91. The van der Waals surface area contributed by atoms with Gasteiger partial charge in [0.15, 0.2) is 23.0 Å². The van der Waals surface area contributed by atoms with E-state index in [1.165, 1.54) is 37.3 Å². The van der Waals surface area contributed by atoms with Gasteiger partial charge in [0.2, 0.25) is 0 Å². The van der Waals surface area contributed by atoms with E-state index < -0.39 is 28.4 Å². The van der Waals surface area contributed by atoms with Gasteiger partial charge in [0, 0.05) is 19.0 Å². The molecule has 0 saturated carbocycles. The van der Waals surface area contributed by atoms with Gasteiger partial charge < -0.3 is 19.5 Å². The van der Waals surface area contributed by atoms with Crippen LogP contribution in [0.1, 0.15) is 37.4 Å². The molecule has 1 heterocycles. The summed E-state index contributed by atoms with van der Waals surface area (Å²) in [5.41, 5.74) is 0.693. The Morgan fingerprint density at radius 3 is 2.44 bits per heavy atom.